The van der Waals surface area contributed by atoms with E-state index in [1.165, 1.54) is 0 Å². The third-order valence-electron chi connectivity index (χ3n) is 3.67. The van der Waals surface area contributed by atoms with Crippen LogP contribution in [0.4, 0.5) is 0 Å². The van der Waals surface area contributed by atoms with E-state index in [0.29, 0.717) is 0 Å². The van der Waals surface area contributed by atoms with E-state index in [4.69, 9.17) is 4.74 Å². The van der Waals surface area contributed by atoms with Crippen molar-refractivity contribution >= 4 is 15.9 Å². The predicted molar refractivity (Wildman–Crippen MR) is 72.2 cm³/mol. The second kappa shape index (κ2) is 4.71. The molecule has 1 aromatic carbocycles. The fourth-order valence-corrected chi connectivity index (χ4v) is 2.90. The summed E-state index contributed by atoms with van der Waals surface area (Å²) in [6.07, 6.45) is 1.40. The van der Waals surface area contributed by atoms with Gasteiger partial charge in [-0.15, -0.1) is 0 Å². The number of hydrogen-bond acceptors (Lipinski definition) is 2. The summed E-state index contributed by atoms with van der Waals surface area (Å²) < 4.78 is 6.81. The molecule has 0 aromatic heterocycles. The lowest BCUT2D eigenvalue weighted by Gasteiger charge is -2.30. The van der Waals surface area contributed by atoms with E-state index in [0.717, 1.165) is 40.6 Å². The Morgan fingerprint density at radius 3 is 2.65 bits per heavy atom. The number of aliphatic hydroxyl groups is 1. The monoisotopic (exact) mass is 298 g/mol. The van der Waals surface area contributed by atoms with E-state index in [1.807, 2.05) is 20.8 Å². The number of benzene rings is 1. The third kappa shape index (κ3) is 2.42. The van der Waals surface area contributed by atoms with Gasteiger partial charge >= 0.3 is 0 Å². The van der Waals surface area contributed by atoms with E-state index in [9.17, 15) is 5.11 Å². The largest absolute Gasteiger partial charge is 0.385 e. The maximum Gasteiger partial charge on any atom is 0.108 e. The van der Waals surface area contributed by atoms with Gasteiger partial charge in [0.2, 0.25) is 0 Å². The summed E-state index contributed by atoms with van der Waals surface area (Å²) in [6, 6.07) is 4.11. The van der Waals surface area contributed by atoms with E-state index < -0.39 is 11.7 Å². The van der Waals surface area contributed by atoms with Crippen molar-refractivity contribution in [2.24, 2.45) is 0 Å². The quantitative estimate of drug-likeness (QED) is 0.903. The van der Waals surface area contributed by atoms with Crippen molar-refractivity contribution in [2.45, 2.75) is 45.3 Å². The van der Waals surface area contributed by atoms with Crippen molar-refractivity contribution in [1.29, 1.82) is 0 Å². The molecule has 0 aliphatic carbocycles. The number of ether oxygens (including phenoxy) is 1. The van der Waals surface area contributed by atoms with Crippen molar-refractivity contribution in [3.63, 3.8) is 0 Å². The van der Waals surface area contributed by atoms with Gasteiger partial charge in [0.15, 0.2) is 0 Å². The molecule has 0 bridgehead atoms. The summed E-state index contributed by atoms with van der Waals surface area (Å²) in [5.41, 5.74) is 2.80. The van der Waals surface area contributed by atoms with Gasteiger partial charge < -0.3 is 9.84 Å². The van der Waals surface area contributed by atoms with Crippen LogP contribution in [0.1, 0.15) is 42.6 Å². The van der Waals surface area contributed by atoms with E-state index >= 15 is 0 Å². The summed E-state index contributed by atoms with van der Waals surface area (Å²) in [5.74, 6) is 0. The Hall–Kier alpha value is -0.380. The van der Waals surface area contributed by atoms with E-state index in [2.05, 4.69) is 28.1 Å². The fraction of sp³-hybridized carbons (Fsp3) is 0.571. The highest BCUT2D eigenvalue weighted by molar-refractivity contribution is 9.10. The maximum atomic E-state index is 10.5. The number of halogens is 1. The molecule has 3 heteroatoms. The zero-order valence-electron chi connectivity index (χ0n) is 10.6. The molecule has 1 aliphatic heterocycles. The molecule has 1 heterocycles. The summed E-state index contributed by atoms with van der Waals surface area (Å²) in [6.45, 7) is 6.82. The normalized spacial score (nSPS) is 26.2. The molecule has 1 fully saturated rings. The van der Waals surface area contributed by atoms with Gasteiger partial charge in [-0.2, -0.15) is 0 Å². The standard InChI is InChI=1S/C14H19BrO2/c1-9-8-12(15)10(2)7-11(9)13(16)14(3)5-4-6-17-14/h7-8,13,16H,4-6H2,1-3H3. The van der Waals surface area contributed by atoms with Crippen molar-refractivity contribution in [3.8, 4) is 0 Å². The fourth-order valence-electron chi connectivity index (χ4n) is 2.44. The van der Waals surface area contributed by atoms with Gasteiger partial charge in [-0.05, 0) is 56.4 Å². The molecule has 0 spiro atoms. The number of aryl methyl sites for hydroxylation is 2. The molecule has 17 heavy (non-hydrogen) atoms. The Balaban J connectivity index is 2.36. The minimum absolute atomic E-state index is 0.426. The lowest BCUT2D eigenvalue weighted by molar-refractivity contribution is -0.0798. The zero-order chi connectivity index (χ0) is 12.6. The van der Waals surface area contributed by atoms with Gasteiger partial charge in [0.05, 0.1) is 5.60 Å². The summed E-state index contributed by atoms with van der Waals surface area (Å²) >= 11 is 3.51. The van der Waals surface area contributed by atoms with E-state index in [1.54, 1.807) is 0 Å². The Bertz CT molecular complexity index is 422. The van der Waals surface area contributed by atoms with Crippen LogP contribution in [0.3, 0.4) is 0 Å². The lowest BCUT2D eigenvalue weighted by atomic mass is 9.87. The van der Waals surface area contributed by atoms with Crippen LogP contribution in [0.2, 0.25) is 0 Å². The first kappa shape index (κ1) is 13.1. The highest BCUT2D eigenvalue weighted by atomic mass is 79.9. The minimum Gasteiger partial charge on any atom is -0.385 e. The van der Waals surface area contributed by atoms with Crippen molar-refractivity contribution < 1.29 is 9.84 Å². The molecule has 1 aliphatic rings. The number of aliphatic hydroxyl groups excluding tert-OH is 1. The average Bonchev–Trinajstić information content (AvgIpc) is 2.71. The highest BCUT2D eigenvalue weighted by Gasteiger charge is 2.38. The zero-order valence-corrected chi connectivity index (χ0v) is 12.2. The van der Waals surface area contributed by atoms with Crippen LogP contribution < -0.4 is 0 Å². The molecule has 0 amide bonds. The number of rotatable bonds is 2. The second-order valence-electron chi connectivity index (χ2n) is 5.13. The summed E-state index contributed by atoms with van der Waals surface area (Å²) in [7, 11) is 0. The van der Waals surface area contributed by atoms with Gasteiger partial charge in [0.25, 0.3) is 0 Å². The second-order valence-corrected chi connectivity index (χ2v) is 5.98. The van der Waals surface area contributed by atoms with Gasteiger partial charge in [-0.1, -0.05) is 22.0 Å². The maximum absolute atomic E-state index is 10.5. The Kier molecular flexibility index (Phi) is 3.62. The first-order chi connectivity index (χ1) is 7.94. The number of hydrogen-bond donors (Lipinski definition) is 1. The van der Waals surface area contributed by atoms with Gasteiger partial charge in [-0.25, -0.2) is 0 Å². The molecule has 1 N–H and O–H groups in total. The minimum atomic E-state index is -0.545. The Labute approximate surface area is 111 Å². The Morgan fingerprint density at radius 2 is 2.06 bits per heavy atom. The molecule has 2 unspecified atom stereocenters. The molecule has 2 nitrogen and oxygen atoms in total. The van der Waals surface area contributed by atoms with Crippen LogP contribution in [0.5, 0.6) is 0 Å². The van der Waals surface area contributed by atoms with Crippen LogP contribution in [0.15, 0.2) is 16.6 Å². The van der Waals surface area contributed by atoms with Gasteiger partial charge in [0, 0.05) is 11.1 Å². The SMILES string of the molecule is Cc1cc(C(O)C2(C)CCCO2)c(C)cc1Br. The molecular formula is C14H19BrO2. The molecule has 2 rings (SSSR count). The van der Waals surface area contributed by atoms with Gasteiger partial charge in [-0.3, -0.25) is 0 Å². The molecule has 94 valence electrons. The highest BCUT2D eigenvalue weighted by Crippen LogP contribution is 2.39. The van der Waals surface area contributed by atoms with Crippen LogP contribution >= 0.6 is 15.9 Å². The van der Waals surface area contributed by atoms with Gasteiger partial charge in [0.1, 0.15) is 6.10 Å². The first-order valence-corrected chi connectivity index (χ1v) is 6.82. The van der Waals surface area contributed by atoms with E-state index in [-0.39, 0.29) is 0 Å². The predicted octanol–water partition coefficient (Wildman–Crippen LogP) is 3.67. The lowest BCUT2D eigenvalue weighted by Crippen LogP contribution is -2.32. The molecule has 1 saturated heterocycles. The van der Waals surface area contributed by atoms with Crippen molar-refractivity contribution in [2.75, 3.05) is 6.61 Å². The molecule has 0 radical (unpaired) electrons. The van der Waals surface area contributed by atoms with Crippen molar-refractivity contribution in [1.82, 2.24) is 0 Å². The van der Waals surface area contributed by atoms with Crippen LogP contribution in [0.25, 0.3) is 0 Å². The average molecular weight is 299 g/mol. The first-order valence-electron chi connectivity index (χ1n) is 6.03. The smallest absolute Gasteiger partial charge is 0.108 e. The molecule has 2 atom stereocenters. The summed E-state index contributed by atoms with van der Waals surface area (Å²) in [4.78, 5) is 0. The Morgan fingerprint density at radius 1 is 1.35 bits per heavy atom. The molecule has 0 saturated carbocycles. The topological polar surface area (TPSA) is 29.5 Å². The van der Waals surface area contributed by atoms with Crippen molar-refractivity contribution in [3.05, 3.63) is 33.3 Å². The molecule has 1 aromatic rings. The third-order valence-corrected chi connectivity index (χ3v) is 4.52. The summed E-state index contributed by atoms with van der Waals surface area (Å²) in [5, 5.41) is 10.5. The van der Waals surface area contributed by atoms with Crippen LogP contribution in [0, 0.1) is 13.8 Å². The van der Waals surface area contributed by atoms with Crippen LogP contribution in [-0.2, 0) is 4.74 Å². The van der Waals surface area contributed by atoms with Crippen LogP contribution in [-0.4, -0.2) is 17.3 Å². The molecular weight excluding hydrogens is 280 g/mol.